The summed E-state index contributed by atoms with van der Waals surface area (Å²) in [5, 5.41) is 1.60. The average molecular weight is 354 g/mol. The Kier molecular flexibility index (Phi) is 6.09. The van der Waals surface area contributed by atoms with E-state index in [1.807, 2.05) is 57.3 Å². The van der Waals surface area contributed by atoms with Crippen LogP contribution in [0.1, 0.15) is 54.2 Å². The molecule has 2 aromatic carbocycles. The third kappa shape index (κ3) is 5.09. The van der Waals surface area contributed by atoms with Gasteiger partial charge in [-0.1, -0.05) is 32.9 Å². The number of rotatable bonds is 6. The smallest absolute Gasteiger partial charge is 0.163 e. The Hall–Kier alpha value is -2.33. The molecule has 0 aromatic heterocycles. The lowest BCUT2D eigenvalue weighted by atomic mass is 9.87. The molecule has 0 saturated carbocycles. The number of ether oxygens (including phenoxy) is 1. The molecule has 0 aliphatic heterocycles. The van der Waals surface area contributed by atoms with E-state index in [9.17, 15) is 4.79 Å². The Morgan fingerprint density at radius 1 is 1.12 bits per heavy atom. The molecule has 0 unspecified atom stereocenters. The number of anilines is 1. The predicted molar refractivity (Wildman–Crippen MR) is 108 cm³/mol. The third-order valence-electron chi connectivity index (χ3n) is 4.33. The second-order valence-corrected chi connectivity index (χ2v) is 8.11. The zero-order valence-corrected chi connectivity index (χ0v) is 16.7. The summed E-state index contributed by atoms with van der Waals surface area (Å²) in [5.74, 6) is 6.87. The Morgan fingerprint density at radius 3 is 2.38 bits per heavy atom. The van der Waals surface area contributed by atoms with Gasteiger partial charge in [-0.15, -0.1) is 0 Å². The lowest BCUT2D eigenvalue weighted by Gasteiger charge is -2.20. The molecule has 2 aromatic rings. The Balaban J connectivity index is 2.16. The van der Waals surface area contributed by atoms with E-state index in [1.54, 1.807) is 5.01 Å². The predicted octanol–water partition coefficient (Wildman–Crippen LogP) is 4.81. The lowest BCUT2D eigenvalue weighted by Crippen LogP contribution is -2.26. The van der Waals surface area contributed by atoms with E-state index < -0.39 is 0 Å². The van der Waals surface area contributed by atoms with E-state index in [-0.39, 0.29) is 11.2 Å². The van der Waals surface area contributed by atoms with Gasteiger partial charge in [0.05, 0.1) is 5.69 Å². The number of nitrogens with two attached hydrogens (primary N) is 1. The van der Waals surface area contributed by atoms with Crippen molar-refractivity contribution >= 4 is 11.5 Å². The van der Waals surface area contributed by atoms with Crippen LogP contribution in [-0.2, 0) is 6.61 Å². The van der Waals surface area contributed by atoms with Crippen LogP contribution < -0.4 is 15.6 Å². The first kappa shape index (κ1) is 20.0. The van der Waals surface area contributed by atoms with Gasteiger partial charge in [0.15, 0.2) is 5.78 Å². The van der Waals surface area contributed by atoms with Crippen LogP contribution in [0.5, 0.6) is 5.75 Å². The van der Waals surface area contributed by atoms with Crippen LogP contribution in [0.4, 0.5) is 5.69 Å². The van der Waals surface area contributed by atoms with Crippen molar-refractivity contribution in [3.8, 4) is 5.75 Å². The van der Waals surface area contributed by atoms with Gasteiger partial charge in [0, 0.05) is 24.6 Å². The van der Waals surface area contributed by atoms with Crippen molar-refractivity contribution in [3.63, 3.8) is 0 Å². The number of aryl methyl sites for hydroxylation is 2. The van der Waals surface area contributed by atoms with Crippen molar-refractivity contribution in [1.29, 1.82) is 0 Å². The summed E-state index contributed by atoms with van der Waals surface area (Å²) in [7, 11) is 1.82. The largest absolute Gasteiger partial charge is 0.489 e. The number of carbonyl (C=O) groups excluding carboxylic acids is 1. The molecule has 2 rings (SSSR count). The van der Waals surface area contributed by atoms with Crippen LogP contribution in [0.15, 0.2) is 36.4 Å². The lowest BCUT2D eigenvalue weighted by molar-refractivity contribution is 0.0939. The average Bonchev–Trinajstić information content (AvgIpc) is 2.52. The molecule has 0 aliphatic carbocycles. The van der Waals surface area contributed by atoms with Crippen LogP contribution in [-0.4, -0.2) is 12.8 Å². The standard InChI is InChI=1S/C22H30N2O2/c1-15-8-7-9-19(24(6)23)18(15)14-26-21-11-10-17(12-16(21)2)20(25)13-22(3,4)5/h7-12H,13-14,23H2,1-6H3. The van der Waals surface area contributed by atoms with Crippen molar-refractivity contribution in [2.45, 2.75) is 47.6 Å². The Morgan fingerprint density at radius 2 is 1.81 bits per heavy atom. The number of hydrogen-bond donors (Lipinski definition) is 1. The van der Waals surface area contributed by atoms with Crippen molar-refractivity contribution in [2.75, 3.05) is 12.1 Å². The van der Waals surface area contributed by atoms with E-state index in [0.717, 1.165) is 33.7 Å². The molecule has 0 bridgehead atoms. The van der Waals surface area contributed by atoms with Gasteiger partial charge in [0.2, 0.25) is 0 Å². The third-order valence-corrected chi connectivity index (χ3v) is 4.33. The highest BCUT2D eigenvalue weighted by Crippen LogP contribution is 2.27. The molecule has 0 aliphatic rings. The molecule has 0 spiro atoms. The van der Waals surface area contributed by atoms with E-state index >= 15 is 0 Å². The minimum atomic E-state index is -0.0182. The monoisotopic (exact) mass is 354 g/mol. The zero-order chi connectivity index (χ0) is 19.5. The topological polar surface area (TPSA) is 55.6 Å². The maximum atomic E-state index is 12.4. The fraction of sp³-hybridized carbons (Fsp3) is 0.409. The van der Waals surface area contributed by atoms with Gasteiger partial charge in [-0.25, -0.2) is 5.84 Å². The maximum Gasteiger partial charge on any atom is 0.163 e. The summed E-state index contributed by atoms with van der Waals surface area (Å²) in [6.45, 7) is 10.7. The number of Topliss-reactive ketones (excluding diaryl/α,β-unsaturated/α-hetero) is 1. The first-order valence-electron chi connectivity index (χ1n) is 8.92. The van der Waals surface area contributed by atoms with Crippen molar-refractivity contribution in [1.82, 2.24) is 0 Å². The fourth-order valence-corrected chi connectivity index (χ4v) is 2.92. The highest BCUT2D eigenvalue weighted by molar-refractivity contribution is 5.96. The van der Waals surface area contributed by atoms with Crippen molar-refractivity contribution in [3.05, 3.63) is 58.7 Å². The highest BCUT2D eigenvalue weighted by Gasteiger charge is 2.18. The van der Waals surface area contributed by atoms with Crippen molar-refractivity contribution in [2.24, 2.45) is 11.3 Å². The normalized spacial score (nSPS) is 11.3. The Labute approximate surface area is 156 Å². The van der Waals surface area contributed by atoms with Crippen molar-refractivity contribution < 1.29 is 9.53 Å². The highest BCUT2D eigenvalue weighted by atomic mass is 16.5. The van der Waals surface area contributed by atoms with Crippen LogP contribution >= 0.6 is 0 Å². The van der Waals surface area contributed by atoms with E-state index in [0.29, 0.717) is 13.0 Å². The summed E-state index contributed by atoms with van der Waals surface area (Å²) in [6, 6.07) is 11.7. The second-order valence-electron chi connectivity index (χ2n) is 8.11. The number of hydrazine groups is 1. The van der Waals surface area contributed by atoms with E-state index in [2.05, 4.69) is 20.8 Å². The van der Waals surface area contributed by atoms with Gasteiger partial charge in [-0.3, -0.25) is 4.79 Å². The fourth-order valence-electron chi connectivity index (χ4n) is 2.92. The number of hydrogen-bond acceptors (Lipinski definition) is 4. The van der Waals surface area contributed by atoms with Gasteiger partial charge >= 0.3 is 0 Å². The summed E-state index contributed by atoms with van der Waals surface area (Å²) in [6.07, 6.45) is 0.530. The molecule has 0 radical (unpaired) electrons. The zero-order valence-electron chi connectivity index (χ0n) is 16.7. The molecule has 140 valence electrons. The van der Waals surface area contributed by atoms with Crippen LogP contribution in [0.25, 0.3) is 0 Å². The number of nitrogens with zero attached hydrogens (tertiary/aromatic N) is 1. The van der Waals surface area contributed by atoms with Gasteiger partial charge in [-0.05, 0) is 54.7 Å². The molecular weight excluding hydrogens is 324 g/mol. The van der Waals surface area contributed by atoms with Crippen LogP contribution in [0.3, 0.4) is 0 Å². The molecule has 4 heteroatoms. The minimum absolute atomic E-state index is 0.0182. The summed E-state index contributed by atoms with van der Waals surface area (Å²) in [5.41, 5.74) is 4.82. The van der Waals surface area contributed by atoms with Gasteiger partial charge in [-0.2, -0.15) is 0 Å². The van der Waals surface area contributed by atoms with Crippen LogP contribution in [0.2, 0.25) is 0 Å². The quantitative estimate of drug-likeness (QED) is 0.459. The summed E-state index contributed by atoms with van der Waals surface area (Å²) >= 11 is 0. The molecule has 0 fully saturated rings. The summed E-state index contributed by atoms with van der Waals surface area (Å²) in [4.78, 5) is 12.4. The first-order valence-corrected chi connectivity index (χ1v) is 8.92. The number of carbonyl (C=O) groups is 1. The maximum absolute atomic E-state index is 12.4. The molecule has 0 heterocycles. The number of ketones is 1. The first-order chi connectivity index (χ1) is 12.1. The molecule has 26 heavy (non-hydrogen) atoms. The van der Waals surface area contributed by atoms with Gasteiger partial charge in [0.1, 0.15) is 12.4 Å². The summed E-state index contributed by atoms with van der Waals surface area (Å²) < 4.78 is 6.04. The second kappa shape index (κ2) is 7.92. The molecule has 0 atom stereocenters. The molecule has 0 amide bonds. The molecular formula is C22H30N2O2. The van der Waals surface area contributed by atoms with E-state index in [4.69, 9.17) is 10.6 Å². The Bertz CT molecular complexity index is 789. The van der Waals surface area contributed by atoms with Gasteiger partial charge < -0.3 is 9.75 Å². The SMILES string of the molecule is Cc1cc(C(=O)CC(C)(C)C)ccc1OCc1c(C)cccc1N(C)N. The molecule has 0 saturated heterocycles. The minimum Gasteiger partial charge on any atom is -0.489 e. The van der Waals surface area contributed by atoms with Gasteiger partial charge in [0.25, 0.3) is 0 Å². The molecule has 4 nitrogen and oxygen atoms in total. The van der Waals surface area contributed by atoms with E-state index in [1.165, 1.54) is 0 Å². The molecule has 2 N–H and O–H groups in total. The number of benzene rings is 2. The van der Waals surface area contributed by atoms with Crippen LogP contribution in [0, 0.1) is 19.3 Å².